The van der Waals surface area contributed by atoms with Crippen LogP contribution >= 0.6 is 0 Å². The summed E-state index contributed by atoms with van der Waals surface area (Å²) in [5.74, 6) is -2.16. The first kappa shape index (κ1) is 13.7. The van der Waals surface area contributed by atoms with Gasteiger partial charge in [0.05, 0.1) is 0 Å². The molecule has 0 saturated carbocycles. The Morgan fingerprint density at radius 2 is 1.89 bits per heavy atom. The number of nitrogens with two attached hydrogens (primary N) is 1. The number of carbonyl (C=O) groups excluding carboxylic acids is 1. The second-order valence-electron chi connectivity index (χ2n) is 4.93. The van der Waals surface area contributed by atoms with E-state index in [0.717, 1.165) is 18.7 Å². The van der Waals surface area contributed by atoms with E-state index >= 15 is 0 Å². The van der Waals surface area contributed by atoms with Crippen molar-refractivity contribution in [1.29, 1.82) is 0 Å². The zero-order valence-corrected chi connectivity index (χ0v) is 11.0. The molecule has 1 atom stereocenters. The molecule has 1 unspecified atom stereocenters. The van der Waals surface area contributed by atoms with E-state index in [0.29, 0.717) is 13.1 Å². The Hall–Kier alpha value is -1.69. The first-order valence-electron chi connectivity index (χ1n) is 6.14. The van der Waals surface area contributed by atoms with Crippen molar-refractivity contribution in [3.8, 4) is 0 Å². The van der Waals surface area contributed by atoms with Crippen molar-refractivity contribution in [2.24, 2.45) is 0 Å². The molecule has 0 spiro atoms. The van der Waals surface area contributed by atoms with E-state index in [1.165, 1.54) is 0 Å². The lowest BCUT2D eigenvalue weighted by Gasteiger charge is -2.37. The van der Waals surface area contributed by atoms with Crippen LogP contribution in [0, 0.1) is 11.6 Å². The van der Waals surface area contributed by atoms with Crippen LogP contribution in [0.25, 0.3) is 0 Å². The van der Waals surface area contributed by atoms with Gasteiger partial charge in [0, 0.05) is 31.2 Å². The second-order valence-corrected chi connectivity index (χ2v) is 4.93. The highest BCUT2D eigenvalue weighted by molar-refractivity contribution is 5.94. The van der Waals surface area contributed by atoms with E-state index < -0.39 is 17.3 Å². The summed E-state index contributed by atoms with van der Waals surface area (Å²) in [6.45, 7) is 3.84. The molecule has 1 aromatic rings. The minimum absolute atomic E-state index is 0.000882. The summed E-state index contributed by atoms with van der Waals surface area (Å²) < 4.78 is 26.7. The van der Waals surface area contributed by atoms with Crippen molar-refractivity contribution in [1.82, 2.24) is 9.80 Å². The molecule has 104 valence electrons. The highest BCUT2D eigenvalue weighted by atomic mass is 19.1. The smallest absolute Gasteiger partial charge is 0.254 e. The molecule has 1 aliphatic rings. The lowest BCUT2D eigenvalue weighted by atomic mass is 10.1. The summed E-state index contributed by atoms with van der Waals surface area (Å²) in [6.07, 6.45) is 0. The van der Waals surface area contributed by atoms with E-state index in [1.807, 2.05) is 14.0 Å². The number of benzene rings is 1. The van der Waals surface area contributed by atoms with E-state index in [2.05, 4.69) is 4.90 Å². The monoisotopic (exact) mass is 269 g/mol. The number of carbonyl (C=O) groups is 1. The summed E-state index contributed by atoms with van der Waals surface area (Å²) in [5, 5.41) is 0. The molecule has 2 N–H and O–H groups in total. The maximum atomic E-state index is 13.4. The number of likely N-dealkylation sites (N-methyl/N-ethyl adjacent to an activating group) is 1. The average Bonchev–Trinajstić information content (AvgIpc) is 2.37. The maximum absolute atomic E-state index is 13.4. The number of hydrogen-bond acceptors (Lipinski definition) is 3. The van der Waals surface area contributed by atoms with Gasteiger partial charge >= 0.3 is 0 Å². The number of halogens is 2. The minimum atomic E-state index is -0.898. The number of piperazine rings is 1. The van der Waals surface area contributed by atoms with Gasteiger partial charge in [-0.15, -0.1) is 0 Å². The quantitative estimate of drug-likeness (QED) is 0.782. The van der Waals surface area contributed by atoms with E-state index in [1.54, 1.807) is 4.90 Å². The fourth-order valence-corrected chi connectivity index (χ4v) is 2.12. The van der Waals surface area contributed by atoms with Crippen LogP contribution < -0.4 is 5.73 Å². The number of nitrogen functional groups attached to an aromatic ring is 1. The summed E-state index contributed by atoms with van der Waals surface area (Å²) in [6, 6.07) is 2.20. The van der Waals surface area contributed by atoms with Gasteiger partial charge in [-0.2, -0.15) is 0 Å². The molecule has 4 nitrogen and oxygen atoms in total. The highest BCUT2D eigenvalue weighted by Gasteiger charge is 2.26. The van der Waals surface area contributed by atoms with Crippen LogP contribution in [-0.4, -0.2) is 48.4 Å². The van der Waals surface area contributed by atoms with Crippen LogP contribution in [0.4, 0.5) is 14.5 Å². The number of hydrogen-bond donors (Lipinski definition) is 1. The van der Waals surface area contributed by atoms with Crippen LogP contribution in [0.1, 0.15) is 17.3 Å². The number of nitrogens with zero attached hydrogens (tertiary/aromatic N) is 2. The van der Waals surface area contributed by atoms with Gasteiger partial charge in [0.1, 0.15) is 17.3 Å². The predicted molar refractivity (Wildman–Crippen MR) is 68.8 cm³/mol. The topological polar surface area (TPSA) is 49.6 Å². The third-order valence-corrected chi connectivity index (χ3v) is 3.57. The number of amides is 1. The van der Waals surface area contributed by atoms with Crippen molar-refractivity contribution in [3.05, 3.63) is 29.3 Å². The largest absolute Gasteiger partial charge is 0.394 e. The fourth-order valence-electron chi connectivity index (χ4n) is 2.12. The summed E-state index contributed by atoms with van der Waals surface area (Å²) in [7, 11) is 1.98. The minimum Gasteiger partial charge on any atom is -0.394 e. The third-order valence-electron chi connectivity index (χ3n) is 3.57. The molecular weight excluding hydrogens is 252 g/mol. The molecule has 19 heavy (non-hydrogen) atoms. The Morgan fingerprint density at radius 3 is 2.42 bits per heavy atom. The summed E-state index contributed by atoms with van der Waals surface area (Å²) in [5.41, 5.74) is 4.64. The van der Waals surface area contributed by atoms with Gasteiger partial charge in [0.2, 0.25) is 0 Å². The Labute approximate surface area is 110 Å². The molecule has 1 fully saturated rings. The second kappa shape index (κ2) is 5.13. The molecule has 1 amide bonds. The number of rotatable bonds is 1. The summed E-state index contributed by atoms with van der Waals surface area (Å²) >= 11 is 0. The normalized spacial score (nSPS) is 20.6. The molecule has 6 heteroatoms. The van der Waals surface area contributed by atoms with Crippen molar-refractivity contribution in [2.75, 3.05) is 32.4 Å². The zero-order chi connectivity index (χ0) is 14.2. The number of anilines is 1. The van der Waals surface area contributed by atoms with Crippen LogP contribution in [0.2, 0.25) is 0 Å². The molecule has 0 bridgehead atoms. The Kier molecular flexibility index (Phi) is 3.71. The standard InChI is InChI=1S/C13H17F2N3O/c1-8-7-18(4-3-17(8)2)13(19)9-5-10(14)12(16)11(15)6-9/h5-6,8H,3-4,7,16H2,1-2H3. The van der Waals surface area contributed by atoms with Gasteiger partial charge in [-0.1, -0.05) is 0 Å². The fraction of sp³-hybridized carbons (Fsp3) is 0.462. The van der Waals surface area contributed by atoms with Crippen molar-refractivity contribution in [3.63, 3.8) is 0 Å². The van der Waals surface area contributed by atoms with Gasteiger partial charge in [0.25, 0.3) is 5.91 Å². The van der Waals surface area contributed by atoms with Crippen LogP contribution in [-0.2, 0) is 0 Å². The van der Waals surface area contributed by atoms with Crippen molar-refractivity contribution >= 4 is 11.6 Å². The van der Waals surface area contributed by atoms with Crippen LogP contribution in [0.3, 0.4) is 0 Å². The Morgan fingerprint density at radius 1 is 1.32 bits per heavy atom. The average molecular weight is 269 g/mol. The van der Waals surface area contributed by atoms with Gasteiger partial charge in [-0.3, -0.25) is 4.79 Å². The van der Waals surface area contributed by atoms with Gasteiger partial charge in [0.15, 0.2) is 0 Å². The van der Waals surface area contributed by atoms with Gasteiger partial charge < -0.3 is 15.5 Å². The predicted octanol–water partition coefficient (Wildman–Crippen LogP) is 1.32. The summed E-state index contributed by atoms with van der Waals surface area (Å²) in [4.78, 5) is 15.9. The van der Waals surface area contributed by atoms with Crippen molar-refractivity contribution in [2.45, 2.75) is 13.0 Å². The first-order valence-corrected chi connectivity index (χ1v) is 6.14. The zero-order valence-electron chi connectivity index (χ0n) is 11.0. The van der Waals surface area contributed by atoms with Gasteiger partial charge in [-0.05, 0) is 26.1 Å². The maximum Gasteiger partial charge on any atom is 0.254 e. The molecule has 2 rings (SSSR count). The lowest BCUT2D eigenvalue weighted by Crippen LogP contribution is -2.52. The molecule has 1 aliphatic heterocycles. The molecule has 1 saturated heterocycles. The first-order chi connectivity index (χ1) is 8.90. The van der Waals surface area contributed by atoms with E-state index in [-0.39, 0.29) is 17.5 Å². The van der Waals surface area contributed by atoms with Crippen molar-refractivity contribution < 1.29 is 13.6 Å². The molecule has 0 radical (unpaired) electrons. The van der Waals surface area contributed by atoms with Crippen LogP contribution in [0.15, 0.2) is 12.1 Å². The van der Waals surface area contributed by atoms with E-state index in [9.17, 15) is 13.6 Å². The Bertz CT molecular complexity index is 484. The molecule has 1 aromatic carbocycles. The highest BCUT2D eigenvalue weighted by Crippen LogP contribution is 2.19. The molecular formula is C13H17F2N3O. The molecule has 0 aromatic heterocycles. The molecule has 0 aliphatic carbocycles. The SMILES string of the molecule is CC1CN(C(=O)c2cc(F)c(N)c(F)c2)CCN1C. The van der Waals surface area contributed by atoms with Gasteiger partial charge in [-0.25, -0.2) is 8.78 Å². The third kappa shape index (κ3) is 2.68. The lowest BCUT2D eigenvalue weighted by molar-refractivity contribution is 0.0571. The Balaban J connectivity index is 2.20. The van der Waals surface area contributed by atoms with E-state index in [4.69, 9.17) is 5.73 Å². The molecule has 1 heterocycles. The van der Waals surface area contributed by atoms with Crippen LogP contribution in [0.5, 0.6) is 0 Å².